The van der Waals surface area contributed by atoms with Gasteiger partial charge in [-0.15, -0.1) is 0 Å². The number of carbonyl (C=O) groups excluding carboxylic acids is 1. The SMILES string of the molecule is Cc1ccc(O)cc1[C@@]12Cc3[nH]c(=O)c(C(=O)N[C@@H]4c5ccccc5C[C@@H]4O)cc3C[C@H]1[C@H]1C(CN1CC1CC1)C2. The molecule has 3 fully saturated rings. The molecule has 5 aliphatic rings. The molecule has 212 valence electrons. The lowest BCUT2D eigenvalue weighted by Crippen LogP contribution is -2.58. The van der Waals surface area contributed by atoms with Crippen LogP contribution in [0.4, 0.5) is 0 Å². The number of aryl methyl sites for hydroxylation is 1. The van der Waals surface area contributed by atoms with E-state index < -0.39 is 18.1 Å². The van der Waals surface area contributed by atoms with Crippen molar-refractivity contribution in [3.8, 4) is 5.75 Å². The van der Waals surface area contributed by atoms with Crippen molar-refractivity contribution in [3.63, 3.8) is 0 Å². The Hall–Kier alpha value is -3.42. The zero-order valence-electron chi connectivity index (χ0n) is 23.4. The predicted molar refractivity (Wildman–Crippen MR) is 155 cm³/mol. The molecule has 1 aromatic heterocycles. The summed E-state index contributed by atoms with van der Waals surface area (Å²) in [4.78, 5) is 32.7. The molecular weight excluding hydrogens is 514 g/mol. The van der Waals surface area contributed by atoms with Gasteiger partial charge in [0.25, 0.3) is 11.5 Å². The van der Waals surface area contributed by atoms with E-state index >= 15 is 0 Å². The fourth-order valence-corrected chi connectivity index (χ4v) is 8.94. The van der Waals surface area contributed by atoms with E-state index in [1.165, 1.54) is 30.5 Å². The zero-order chi connectivity index (χ0) is 28.0. The number of carbonyl (C=O) groups is 1. The quantitative estimate of drug-likeness (QED) is 0.388. The number of fused-ring (bicyclic) bond motifs is 5. The first-order valence-electron chi connectivity index (χ1n) is 15.2. The number of phenolic OH excluding ortho intramolecular Hbond substituents is 1. The predicted octanol–water partition coefficient (Wildman–Crippen LogP) is 3.54. The molecule has 3 aromatic rings. The Morgan fingerprint density at radius 3 is 2.78 bits per heavy atom. The van der Waals surface area contributed by atoms with Crippen molar-refractivity contribution < 1.29 is 15.0 Å². The minimum atomic E-state index is -0.717. The molecule has 7 nitrogen and oxygen atoms in total. The van der Waals surface area contributed by atoms with Gasteiger partial charge in [0.2, 0.25) is 0 Å². The summed E-state index contributed by atoms with van der Waals surface area (Å²) in [7, 11) is 0. The smallest absolute Gasteiger partial charge is 0.261 e. The summed E-state index contributed by atoms with van der Waals surface area (Å²) in [5, 5.41) is 24.2. The van der Waals surface area contributed by atoms with Crippen LogP contribution in [0, 0.1) is 24.7 Å². The first kappa shape index (κ1) is 25.3. The summed E-state index contributed by atoms with van der Waals surface area (Å²) in [6, 6.07) is 15.2. The second kappa shape index (κ2) is 9.04. The number of benzene rings is 2. The van der Waals surface area contributed by atoms with Gasteiger partial charge in [-0.25, -0.2) is 0 Å². The second-order valence-corrected chi connectivity index (χ2v) is 13.4. The average Bonchev–Trinajstić information content (AvgIpc) is 3.66. The number of rotatable bonds is 5. The van der Waals surface area contributed by atoms with E-state index in [1.54, 1.807) is 6.07 Å². The highest BCUT2D eigenvalue weighted by Gasteiger charge is 2.62. The number of aromatic amines is 1. The number of aromatic hydroxyl groups is 1. The third kappa shape index (κ3) is 3.92. The molecule has 4 aliphatic carbocycles. The van der Waals surface area contributed by atoms with Crippen LogP contribution in [-0.4, -0.2) is 51.2 Å². The molecule has 1 amide bonds. The zero-order valence-corrected chi connectivity index (χ0v) is 23.4. The Morgan fingerprint density at radius 2 is 1.95 bits per heavy atom. The summed E-state index contributed by atoms with van der Waals surface area (Å²) in [6.45, 7) is 4.43. The Kier molecular flexibility index (Phi) is 5.58. The van der Waals surface area contributed by atoms with Crippen LogP contribution in [0.5, 0.6) is 5.75 Å². The Morgan fingerprint density at radius 1 is 1.12 bits per heavy atom. The Labute approximate surface area is 239 Å². The number of hydrogen-bond acceptors (Lipinski definition) is 5. The monoisotopic (exact) mass is 551 g/mol. The third-order valence-corrected chi connectivity index (χ3v) is 11.0. The number of aromatic nitrogens is 1. The van der Waals surface area contributed by atoms with E-state index in [9.17, 15) is 19.8 Å². The minimum absolute atomic E-state index is 0.111. The number of nitrogens with zero attached hydrogens (tertiary/aromatic N) is 1. The number of pyridine rings is 1. The van der Waals surface area contributed by atoms with Gasteiger partial charge in [-0.1, -0.05) is 30.3 Å². The average molecular weight is 552 g/mol. The van der Waals surface area contributed by atoms with Crippen LogP contribution in [-0.2, 0) is 24.7 Å². The lowest BCUT2D eigenvalue weighted by atomic mass is 9.62. The highest BCUT2D eigenvalue weighted by molar-refractivity contribution is 5.94. The van der Waals surface area contributed by atoms with Crippen molar-refractivity contribution in [1.82, 2.24) is 15.2 Å². The van der Waals surface area contributed by atoms with Crippen molar-refractivity contribution in [1.29, 1.82) is 0 Å². The molecule has 4 N–H and O–H groups in total. The molecule has 1 unspecified atom stereocenters. The Balaban J connectivity index is 1.15. The van der Waals surface area contributed by atoms with Gasteiger partial charge < -0.3 is 20.5 Å². The van der Waals surface area contributed by atoms with Crippen LogP contribution in [0.3, 0.4) is 0 Å². The molecule has 0 bridgehead atoms. The summed E-state index contributed by atoms with van der Waals surface area (Å²) < 4.78 is 0. The standard InChI is InChI=1S/C34H37N3O4/c1-18-6-9-23(38)13-26(18)34-14-22-17-37(16-19-7-8-19)31(22)27(34)11-21-10-25(32(40)35-28(21)15-34)33(41)36-30-24-5-3-2-4-20(24)12-29(30)39/h2-6,9-10,13,19,22,27,29-31,38-39H,7-8,11-12,14-17H2,1H3,(H,35,40)(H,36,41)/t22?,27-,29-,30+,31+,34+/m0/s1. The molecule has 0 radical (unpaired) electrons. The Bertz CT molecular complexity index is 1630. The maximum absolute atomic E-state index is 13.5. The summed E-state index contributed by atoms with van der Waals surface area (Å²) in [5.74, 6) is 1.62. The van der Waals surface area contributed by atoms with Gasteiger partial charge in [0.15, 0.2) is 0 Å². The van der Waals surface area contributed by atoms with Crippen LogP contribution >= 0.6 is 0 Å². The van der Waals surface area contributed by atoms with Gasteiger partial charge in [-0.2, -0.15) is 0 Å². The number of aliphatic hydroxyl groups excluding tert-OH is 1. The number of phenols is 1. The van der Waals surface area contributed by atoms with Crippen molar-refractivity contribution in [3.05, 3.63) is 98.0 Å². The van der Waals surface area contributed by atoms with Gasteiger partial charge in [0, 0.05) is 36.7 Å². The van der Waals surface area contributed by atoms with Crippen LogP contribution in [0.1, 0.15) is 69.2 Å². The number of hydrogen-bond donors (Lipinski definition) is 4. The summed E-state index contributed by atoms with van der Waals surface area (Å²) in [6.07, 6.45) is 4.98. The molecular formula is C34H37N3O4. The third-order valence-electron chi connectivity index (χ3n) is 11.0. The van der Waals surface area contributed by atoms with Gasteiger partial charge in [-0.05, 0) is 103 Å². The minimum Gasteiger partial charge on any atom is -0.508 e. The molecule has 1 saturated heterocycles. The van der Waals surface area contributed by atoms with E-state index in [0.717, 1.165) is 47.7 Å². The lowest BCUT2D eigenvalue weighted by Gasteiger charge is -2.49. The number of aliphatic hydroxyl groups is 1. The molecule has 41 heavy (non-hydrogen) atoms. The molecule has 2 heterocycles. The van der Waals surface area contributed by atoms with Crippen LogP contribution in [0.2, 0.25) is 0 Å². The molecule has 0 spiro atoms. The van der Waals surface area contributed by atoms with Crippen molar-refractivity contribution in [2.45, 2.75) is 69.1 Å². The normalized spacial score (nSPS) is 31.5. The molecule has 1 aliphatic heterocycles. The molecule has 7 heteroatoms. The topological polar surface area (TPSA) is 106 Å². The van der Waals surface area contributed by atoms with Gasteiger partial charge >= 0.3 is 0 Å². The number of amides is 1. The van der Waals surface area contributed by atoms with E-state index in [4.69, 9.17) is 0 Å². The fraction of sp³-hybridized carbons (Fsp3) is 0.471. The van der Waals surface area contributed by atoms with Crippen molar-refractivity contribution in [2.24, 2.45) is 17.8 Å². The molecule has 8 rings (SSSR count). The summed E-state index contributed by atoms with van der Waals surface area (Å²) >= 11 is 0. The molecule has 2 saturated carbocycles. The van der Waals surface area contributed by atoms with E-state index in [1.807, 2.05) is 42.5 Å². The summed E-state index contributed by atoms with van der Waals surface area (Å²) in [5.41, 5.74) is 5.83. The van der Waals surface area contributed by atoms with E-state index in [0.29, 0.717) is 30.7 Å². The van der Waals surface area contributed by atoms with E-state index in [-0.39, 0.29) is 22.3 Å². The number of H-pyrrole nitrogens is 1. The largest absolute Gasteiger partial charge is 0.508 e. The van der Waals surface area contributed by atoms with Gasteiger partial charge in [0.1, 0.15) is 11.3 Å². The molecule has 2 aromatic carbocycles. The number of nitrogens with one attached hydrogen (secondary N) is 2. The number of likely N-dealkylation sites (tertiary alicyclic amines) is 1. The first-order chi connectivity index (χ1) is 19.8. The van der Waals surface area contributed by atoms with Gasteiger partial charge in [-0.3, -0.25) is 14.5 Å². The maximum atomic E-state index is 13.5. The second-order valence-electron chi connectivity index (χ2n) is 13.4. The fourth-order valence-electron chi connectivity index (χ4n) is 8.94. The van der Waals surface area contributed by atoms with Crippen LogP contribution in [0.25, 0.3) is 0 Å². The van der Waals surface area contributed by atoms with Crippen LogP contribution in [0.15, 0.2) is 53.3 Å². The highest BCUT2D eigenvalue weighted by Crippen LogP contribution is 2.60. The first-order valence-corrected chi connectivity index (χ1v) is 15.2. The van der Waals surface area contributed by atoms with Crippen molar-refractivity contribution in [2.75, 3.05) is 13.1 Å². The van der Waals surface area contributed by atoms with Crippen LogP contribution < -0.4 is 10.9 Å². The molecule has 6 atom stereocenters. The van der Waals surface area contributed by atoms with Crippen molar-refractivity contribution >= 4 is 5.91 Å². The highest BCUT2D eigenvalue weighted by atomic mass is 16.3. The maximum Gasteiger partial charge on any atom is 0.261 e. The van der Waals surface area contributed by atoms with E-state index in [2.05, 4.69) is 22.1 Å². The van der Waals surface area contributed by atoms with Gasteiger partial charge in [0.05, 0.1) is 12.1 Å². The lowest BCUT2D eigenvalue weighted by molar-refractivity contribution is 0.00553.